The largest absolute Gasteiger partial charge is 0.494 e. The molecule has 0 aliphatic carbocycles. The Labute approximate surface area is 269 Å². The lowest BCUT2D eigenvalue weighted by atomic mass is 9.93. The zero-order valence-electron chi connectivity index (χ0n) is 28.8. The first kappa shape index (κ1) is 39.7. The van der Waals surface area contributed by atoms with Gasteiger partial charge in [-0.2, -0.15) is 0 Å². The number of unbranched alkanes of at least 4 members (excludes halogenated alkanes) is 2. The van der Waals surface area contributed by atoms with Gasteiger partial charge in [-0.25, -0.2) is 4.79 Å². The van der Waals surface area contributed by atoms with Crippen molar-refractivity contribution in [3.05, 3.63) is 29.8 Å². The monoisotopic (exact) mass is 635 g/mol. The Kier molecular flexibility index (Phi) is 17.0. The first-order valence-corrected chi connectivity index (χ1v) is 16.1. The fourth-order valence-electron chi connectivity index (χ4n) is 4.31. The van der Waals surface area contributed by atoms with Gasteiger partial charge >= 0.3 is 12.1 Å². The lowest BCUT2D eigenvalue weighted by Crippen LogP contribution is -2.53. The molecule has 256 valence electrons. The van der Waals surface area contributed by atoms with Crippen LogP contribution in [-0.4, -0.2) is 71.5 Å². The number of carbonyl (C=O) groups is 4. The van der Waals surface area contributed by atoms with Gasteiger partial charge in [0.2, 0.25) is 11.8 Å². The molecule has 0 aromatic heterocycles. The third-order valence-corrected chi connectivity index (χ3v) is 6.61. The van der Waals surface area contributed by atoms with Gasteiger partial charge in [0.15, 0.2) is 0 Å². The predicted molar refractivity (Wildman–Crippen MR) is 174 cm³/mol. The van der Waals surface area contributed by atoms with Gasteiger partial charge in [-0.15, -0.1) is 0 Å². The average Bonchev–Trinajstić information content (AvgIpc) is 2.90. The number of aliphatic hydroxyl groups excluding tert-OH is 1. The summed E-state index contributed by atoms with van der Waals surface area (Å²) in [5, 5.41) is 19.5. The molecule has 1 aromatic rings. The van der Waals surface area contributed by atoms with E-state index in [0.717, 1.165) is 18.4 Å². The van der Waals surface area contributed by atoms with Crippen molar-refractivity contribution in [3.63, 3.8) is 0 Å². The number of hydrogen-bond acceptors (Lipinski definition) is 8. The van der Waals surface area contributed by atoms with Crippen molar-refractivity contribution in [2.45, 2.75) is 137 Å². The van der Waals surface area contributed by atoms with Gasteiger partial charge in [-0.1, -0.05) is 32.4 Å². The highest BCUT2D eigenvalue weighted by molar-refractivity contribution is 5.85. The Balaban J connectivity index is 2.91. The third-order valence-electron chi connectivity index (χ3n) is 6.61. The van der Waals surface area contributed by atoms with Gasteiger partial charge in [0.25, 0.3) is 0 Å². The number of esters is 1. The van der Waals surface area contributed by atoms with Crippen molar-refractivity contribution < 1.29 is 38.5 Å². The van der Waals surface area contributed by atoms with E-state index in [0.29, 0.717) is 38.2 Å². The molecule has 0 spiro atoms. The molecule has 0 saturated heterocycles. The summed E-state index contributed by atoms with van der Waals surface area (Å²) in [7, 11) is 0. The second-order valence-corrected chi connectivity index (χ2v) is 13.6. The van der Waals surface area contributed by atoms with Gasteiger partial charge in [0.1, 0.15) is 23.0 Å². The molecule has 11 heteroatoms. The van der Waals surface area contributed by atoms with Crippen LogP contribution in [-0.2, 0) is 30.3 Å². The minimum atomic E-state index is -1.05. The number of hydrogen-bond donors (Lipinski definition) is 4. The van der Waals surface area contributed by atoms with E-state index in [1.54, 1.807) is 27.7 Å². The molecule has 0 aliphatic rings. The van der Waals surface area contributed by atoms with Gasteiger partial charge in [-0.3, -0.25) is 14.4 Å². The smallest absolute Gasteiger partial charge is 0.408 e. The van der Waals surface area contributed by atoms with Gasteiger partial charge < -0.3 is 35.3 Å². The zero-order chi connectivity index (χ0) is 34.2. The fraction of sp³-hybridized carbons (Fsp3) is 0.706. The summed E-state index contributed by atoms with van der Waals surface area (Å²) >= 11 is 0. The zero-order valence-corrected chi connectivity index (χ0v) is 28.8. The van der Waals surface area contributed by atoms with Crippen molar-refractivity contribution in [1.82, 2.24) is 16.0 Å². The van der Waals surface area contributed by atoms with Crippen LogP contribution in [0.4, 0.5) is 4.79 Å². The molecule has 0 aliphatic heterocycles. The van der Waals surface area contributed by atoms with E-state index in [4.69, 9.17) is 14.2 Å². The van der Waals surface area contributed by atoms with E-state index in [-0.39, 0.29) is 24.7 Å². The molecular formula is C34H57N3O8. The van der Waals surface area contributed by atoms with Crippen molar-refractivity contribution in [2.24, 2.45) is 5.92 Å². The summed E-state index contributed by atoms with van der Waals surface area (Å²) < 4.78 is 16.5. The van der Waals surface area contributed by atoms with Crippen LogP contribution in [0.5, 0.6) is 5.75 Å². The van der Waals surface area contributed by atoms with E-state index < -0.39 is 47.3 Å². The Morgan fingerprint density at radius 3 is 2.18 bits per heavy atom. The summed E-state index contributed by atoms with van der Waals surface area (Å²) in [6, 6.07) is 5.66. The Morgan fingerprint density at radius 2 is 1.56 bits per heavy atom. The normalized spacial score (nSPS) is 14.4. The first-order valence-electron chi connectivity index (χ1n) is 16.1. The summed E-state index contributed by atoms with van der Waals surface area (Å²) in [5.41, 5.74) is -0.429. The van der Waals surface area contributed by atoms with Crippen LogP contribution in [0.2, 0.25) is 0 Å². The van der Waals surface area contributed by atoms with Crippen molar-refractivity contribution in [1.29, 1.82) is 0 Å². The molecule has 0 heterocycles. The second-order valence-electron chi connectivity index (χ2n) is 13.6. The van der Waals surface area contributed by atoms with Crippen LogP contribution in [0.3, 0.4) is 0 Å². The van der Waals surface area contributed by atoms with E-state index in [1.165, 1.54) is 6.92 Å². The number of amides is 3. The fourth-order valence-corrected chi connectivity index (χ4v) is 4.31. The number of alkyl carbamates (subject to hydrolysis) is 1. The molecule has 0 radical (unpaired) electrons. The van der Waals surface area contributed by atoms with Crippen LogP contribution in [0.1, 0.15) is 106 Å². The van der Waals surface area contributed by atoms with E-state index in [2.05, 4.69) is 16.0 Å². The average molecular weight is 636 g/mol. The van der Waals surface area contributed by atoms with Gasteiger partial charge in [-0.05, 0) is 98.3 Å². The predicted octanol–water partition coefficient (Wildman–Crippen LogP) is 4.82. The quantitative estimate of drug-likeness (QED) is 0.132. The maximum atomic E-state index is 13.1. The van der Waals surface area contributed by atoms with Crippen LogP contribution in [0.25, 0.3) is 0 Å². The molecule has 4 N–H and O–H groups in total. The minimum absolute atomic E-state index is 0.130. The van der Waals surface area contributed by atoms with Crippen LogP contribution in [0, 0.1) is 5.92 Å². The summed E-state index contributed by atoms with van der Waals surface area (Å²) in [6.07, 6.45) is 2.05. The molecule has 4 atom stereocenters. The molecule has 0 unspecified atom stereocenters. The molecule has 11 nitrogen and oxygen atoms in total. The van der Waals surface area contributed by atoms with Crippen LogP contribution < -0.4 is 20.7 Å². The number of ether oxygens (including phenoxy) is 3. The third kappa shape index (κ3) is 18.3. The number of nitrogens with one attached hydrogen (secondary N) is 3. The van der Waals surface area contributed by atoms with E-state index >= 15 is 0 Å². The lowest BCUT2D eigenvalue weighted by molar-refractivity contribution is -0.155. The topological polar surface area (TPSA) is 152 Å². The van der Waals surface area contributed by atoms with Crippen molar-refractivity contribution >= 4 is 23.9 Å². The number of aliphatic hydroxyl groups is 1. The maximum Gasteiger partial charge on any atom is 0.408 e. The molecule has 45 heavy (non-hydrogen) atoms. The van der Waals surface area contributed by atoms with Crippen molar-refractivity contribution in [2.75, 3.05) is 13.2 Å². The number of carbonyl (C=O) groups excluding carboxylic acids is 4. The van der Waals surface area contributed by atoms with Gasteiger partial charge in [0.05, 0.1) is 18.8 Å². The Bertz CT molecular complexity index is 1080. The number of rotatable bonds is 18. The van der Waals surface area contributed by atoms with Crippen LogP contribution in [0.15, 0.2) is 24.3 Å². The number of benzene rings is 1. The molecule has 3 amide bonds. The molecule has 0 fully saturated rings. The Hall–Kier alpha value is -3.34. The summed E-state index contributed by atoms with van der Waals surface area (Å²) in [5.74, 6) is -0.756. The lowest BCUT2D eigenvalue weighted by Gasteiger charge is -2.28. The maximum absolute atomic E-state index is 13.1. The Morgan fingerprint density at radius 1 is 0.889 bits per heavy atom. The van der Waals surface area contributed by atoms with E-state index in [9.17, 15) is 24.3 Å². The van der Waals surface area contributed by atoms with Crippen LogP contribution >= 0.6 is 0 Å². The highest BCUT2D eigenvalue weighted by Gasteiger charge is 2.29. The highest BCUT2D eigenvalue weighted by Crippen LogP contribution is 2.19. The summed E-state index contributed by atoms with van der Waals surface area (Å²) in [6.45, 7) is 17.0. The molecule has 1 aromatic carbocycles. The first-order chi connectivity index (χ1) is 20.9. The standard InChI is InChI=1S/C34H57N3O8/c1-10-11-18-35-30(40)23(2)20-28(38)27(37-31(41)24(3)36-32(42)45-34(7,8)9)22-25-15-14-16-26(21-25)43-19-13-12-17-29(39)44-33(4,5)6/h14-16,21,23-24,27-28,38H,10-13,17-20,22H2,1-9H3,(H,35,40)(H,36,42)(H,37,41)/t23-,24-,27-,28+/m0/s1. The van der Waals surface area contributed by atoms with E-state index in [1.807, 2.05) is 52.0 Å². The molecule has 1 rings (SSSR count). The molecular weight excluding hydrogens is 578 g/mol. The SMILES string of the molecule is CCCCNC(=O)[C@@H](C)C[C@@H](O)[C@H](Cc1cccc(OCCCCC(=O)OC(C)(C)C)c1)NC(=O)[C@H](C)NC(=O)OC(C)(C)C. The molecule has 0 bridgehead atoms. The highest BCUT2D eigenvalue weighted by atomic mass is 16.6. The second kappa shape index (κ2) is 19.2. The minimum Gasteiger partial charge on any atom is -0.494 e. The van der Waals surface area contributed by atoms with Gasteiger partial charge in [0, 0.05) is 18.9 Å². The summed E-state index contributed by atoms with van der Waals surface area (Å²) in [4.78, 5) is 49.8. The molecule has 0 saturated carbocycles. The van der Waals surface area contributed by atoms with Crippen molar-refractivity contribution in [3.8, 4) is 5.75 Å².